The quantitative estimate of drug-likeness (QED) is 0.194. The maximum absolute atomic E-state index is 13.3. The number of benzene rings is 2. The van der Waals surface area contributed by atoms with Gasteiger partial charge in [0, 0.05) is 37.6 Å². The molecular weight excluding hydrogens is 512 g/mol. The molecule has 0 radical (unpaired) electrons. The lowest BCUT2D eigenvalue weighted by atomic mass is 10.0. The fraction of sp³-hybridized carbons (Fsp3) is 0.345. The molecule has 3 amide bonds. The fourth-order valence-electron chi connectivity index (χ4n) is 4.24. The number of carbonyl (C=O) groups is 3. The lowest BCUT2D eigenvalue weighted by Crippen LogP contribution is -2.53. The predicted molar refractivity (Wildman–Crippen MR) is 156 cm³/mol. The van der Waals surface area contributed by atoms with E-state index in [0.29, 0.717) is 32.5 Å². The highest BCUT2D eigenvalue weighted by atomic mass is 32.1. The minimum Gasteiger partial charge on any atom is -0.350 e. The highest BCUT2D eigenvalue weighted by molar-refractivity contribution is 7.13. The summed E-state index contributed by atoms with van der Waals surface area (Å²) < 4.78 is 0. The fourth-order valence-corrected chi connectivity index (χ4v) is 5.03. The smallest absolute Gasteiger partial charge is 0.242 e. The highest BCUT2D eigenvalue weighted by Gasteiger charge is 2.26. The molecule has 0 saturated heterocycles. The molecule has 2 aromatic carbocycles. The lowest BCUT2D eigenvalue weighted by molar-refractivity contribution is -0.135. The van der Waals surface area contributed by atoms with Crippen LogP contribution in [0.15, 0.2) is 72.1 Å². The SMILES string of the molecule is NCCN(CCN)C(=O)C[C@H](N)C(=O)N[C@@H](CCc1ccccc1)C(=O)NCc1ccccc1-c1cccs1. The molecule has 9 nitrogen and oxygen atoms in total. The van der Waals surface area contributed by atoms with Gasteiger partial charge < -0.3 is 32.7 Å². The Morgan fingerprint density at radius 3 is 2.23 bits per heavy atom. The normalized spacial score (nSPS) is 12.4. The van der Waals surface area contributed by atoms with E-state index in [1.54, 1.807) is 11.3 Å². The van der Waals surface area contributed by atoms with Gasteiger partial charge in [0.25, 0.3) is 0 Å². The first-order valence-corrected chi connectivity index (χ1v) is 14.0. The van der Waals surface area contributed by atoms with Gasteiger partial charge in [-0.05, 0) is 41.0 Å². The van der Waals surface area contributed by atoms with Crippen LogP contribution in [0, 0.1) is 0 Å². The zero-order valence-corrected chi connectivity index (χ0v) is 22.9. The van der Waals surface area contributed by atoms with Crippen LogP contribution in [0.1, 0.15) is 24.0 Å². The summed E-state index contributed by atoms with van der Waals surface area (Å²) in [4.78, 5) is 41.6. The van der Waals surface area contributed by atoms with Gasteiger partial charge in [-0.2, -0.15) is 0 Å². The molecule has 0 spiro atoms. The molecule has 3 aromatic rings. The summed E-state index contributed by atoms with van der Waals surface area (Å²) in [6.07, 6.45) is 0.758. The van der Waals surface area contributed by atoms with Crippen LogP contribution in [0.25, 0.3) is 10.4 Å². The number of amides is 3. The molecule has 8 N–H and O–H groups in total. The molecule has 0 aliphatic rings. The van der Waals surface area contributed by atoms with Crippen LogP contribution in [0.3, 0.4) is 0 Å². The van der Waals surface area contributed by atoms with Crippen LogP contribution in [0.4, 0.5) is 0 Å². The minimum absolute atomic E-state index is 0.201. The molecule has 0 aliphatic carbocycles. The van der Waals surface area contributed by atoms with E-state index in [-0.39, 0.29) is 31.3 Å². The molecule has 0 unspecified atom stereocenters. The molecule has 39 heavy (non-hydrogen) atoms. The second-order valence-corrected chi connectivity index (χ2v) is 10.2. The predicted octanol–water partition coefficient (Wildman–Crippen LogP) is 1.61. The zero-order chi connectivity index (χ0) is 28.0. The van der Waals surface area contributed by atoms with Crippen LogP contribution in [-0.2, 0) is 27.3 Å². The standard InChI is InChI=1S/C29H38N6O3S/c30-14-16-35(17-15-31)27(36)19-24(32)28(37)34-25(13-12-21-7-2-1-3-8-21)29(38)33-20-22-9-4-5-10-23(22)26-11-6-18-39-26/h1-11,18,24-25H,12-17,19-20,30-32H2,(H,33,38)(H,34,37)/t24-,25-/m0/s1. The van der Waals surface area contributed by atoms with E-state index >= 15 is 0 Å². The molecular formula is C29H38N6O3S. The number of rotatable bonds is 15. The molecule has 2 atom stereocenters. The number of hydrogen-bond acceptors (Lipinski definition) is 7. The van der Waals surface area contributed by atoms with E-state index in [0.717, 1.165) is 21.6 Å². The van der Waals surface area contributed by atoms with Crippen molar-refractivity contribution in [3.8, 4) is 10.4 Å². The van der Waals surface area contributed by atoms with Crippen LogP contribution in [0.5, 0.6) is 0 Å². The number of hydrogen-bond donors (Lipinski definition) is 5. The third-order valence-electron chi connectivity index (χ3n) is 6.34. The van der Waals surface area contributed by atoms with Crippen molar-refractivity contribution in [3.63, 3.8) is 0 Å². The number of nitrogens with zero attached hydrogens (tertiary/aromatic N) is 1. The van der Waals surface area contributed by atoms with Gasteiger partial charge in [-0.25, -0.2) is 0 Å². The Kier molecular flexibility index (Phi) is 12.1. The van der Waals surface area contributed by atoms with Crippen molar-refractivity contribution in [2.24, 2.45) is 17.2 Å². The van der Waals surface area contributed by atoms with E-state index in [2.05, 4.69) is 10.6 Å². The second kappa shape index (κ2) is 15.7. The van der Waals surface area contributed by atoms with Crippen molar-refractivity contribution in [2.75, 3.05) is 26.2 Å². The van der Waals surface area contributed by atoms with E-state index in [1.165, 1.54) is 4.90 Å². The first-order valence-electron chi connectivity index (χ1n) is 13.1. The van der Waals surface area contributed by atoms with Gasteiger partial charge in [-0.1, -0.05) is 60.7 Å². The summed E-state index contributed by atoms with van der Waals surface area (Å²) in [6, 6.07) is 19.7. The number of thiophene rings is 1. The average molecular weight is 551 g/mol. The summed E-state index contributed by atoms with van der Waals surface area (Å²) >= 11 is 1.63. The molecule has 0 bridgehead atoms. The third-order valence-corrected chi connectivity index (χ3v) is 7.24. The molecule has 0 saturated carbocycles. The van der Waals surface area contributed by atoms with E-state index in [1.807, 2.05) is 72.1 Å². The van der Waals surface area contributed by atoms with Crippen molar-refractivity contribution < 1.29 is 14.4 Å². The number of nitrogens with one attached hydrogen (secondary N) is 2. The van der Waals surface area contributed by atoms with Crippen LogP contribution in [-0.4, -0.2) is 60.9 Å². The third kappa shape index (κ3) is 9.29. The summed E-state index contributed by atoms with van der Waals surface area (Å²) in [5.41, 5.74) is 20.3. The van der Waals surface area contributed by atoms with Gasteiger partial charge in [0.05, 0.1) is 12.5 Å². The molecule has 1 heterocycles. The Labute approximate surface area is 233 Å². The summed E-state index contributed by atoms with van der Waals surface area (Å²) in [5, 5.41) is 7.77. The van der Waals surface area contributed by atoms with E-state index in [4.69, 9.17) is 17.2 Å². The maximum atomic E-state index is 13.3. The summed E-state index contributed by atoms with van der Waals surface area (Å²) in [6.45, 7) is 1.54. The molecule has 3 rings (SSSR count). The van der Waals surface area contributed by atoms with Gasteiger partial charge in [-0.15, -0.1) is 11.3 Å². The molecule has 208 valence electrons. The van der Waals surface area contributed by atoms with Crippen molar-refractivity contribution in [3.05, 3.63) is 83.2 Å². The highest BCUT2D eigenvalue weighted by Crippen LogP contribution is 2.27. The average Bonchev–Trinajstić information content (AvgIpc) is 3.49. The van der Waals surface area contributed by atoms with Crippen molar-refractivity contribution in [1.82, 2.24) is 15.5 Å². The van der Waals surface area contributed by atoms with Gasteiger partial charge in [0.15, 0.2) is 0 Å². The van der Waals surface area contributed by atoms with Gasteiger partial charge >= 0.3 is 0 Å². The van der Waals surface area contributed by atoms with Gasteiger partial charge in [-0.3, -0.25) is 14.4 Å². The van der Waals surface area contributed by atoms with Crippen molar-refractivity contribution in [2.45, 2.75) is 37.9 Å². The van der Waals surface area contributed by atoms with E-state index < -0.39 is 18.0 Å². The Hall–Kier alpha value is -3.57. The Balaban J connectivity index is 1.67. The lowest BCUT2D eigenvalue weighted by Gasteiger charge is -2.24. The minimum atomic E-state index is -1.11. The number of aryl methyl sites for hydroxylation is 1. The molecule has 10 heteroatoms. The van der Waals surface area contributed by atoms with Crippen LogP contribution >= 0.6 is 11.3 Å². The first kappa shape index (κ1) is 30.0. The summed E-state index contributed by atoms with van der Waals surface area (Å²) in [5.74, 6) is -1.17. The number of carbonyl (C=O) groups excluding carboxylic acids is 3. The molecule has 1 aromatic heterocycles. The Morgan fingerprint density at radius 2 is 1.56 bits per heavy atom. The van der Waals surface area contributed by atoms with Gasteiger partial charge in [0.2, 0.25) is 17.7 Å². The monoisotopic (exact) mass is 550 g/mol. The van der Waals surface area contributed by atoms with E-state index in [9.17, 15) is 14.4 Å². The number of nitrogens with two attached hydrogens (primary N) is 3. The van der Waals surface area contributed by atoms with Crippen LogP contribution in [0.2, 0.25) is 0 Å². The molecule has 0 fully saturated rings. The largest absolute Gasteiger partial charge is 0.350 e. The Morgan fingerprint density at radius 1 is 0.872 bits per heavy atom. The topological polar surface area (TPSA) is 157 Å². The van der Waals surface area contributed by atoms with Crippen LogP contribution < -0.4 is 27.8 Å². The van der Waals surface area contributed by atoms with Crippen molar-refractivity contribution in [1.29, 1.82) is 0 Å². The molecule has 0 aliphatic heterocycles. The second-order valence-electron chi connectivity index (χ2n) is 9.21. The maximum Gasteiger partial charge on any atom is 0.242 e. The zero-order valence-electron chi connectivity index (χ0n) is 22.1. The summed E-state index contributed by atoms with van der Waals surface area (Å²) in [7, 11) is 0. The van der Waals surface area contributed by atoms with Crippen molar-refractivity contribution >= 4 is 29.1 Å². The Bertz CT molecular complexity index is 1180. The van der Waals surface area contributed by atoms with Gasteiger partial charge in [0.1, 0.15) is 6.04 Å². The first-order chi connectivity index (χ1) is 18.9.